The maximum Gasteiger partial charge on any atom is 0.382 e. The second-order valence-electron chi connectivity index (χ2n) is 1.98. The molecule has 1 unspecified atom stereocenters. The van der Waals surface area contributed by atoms with Gasteiger partial charge in [-0.3, -0.25) is 4.79 Å². The van der Waals surface area contributed by atoms with E-state index in [2.05, 4.69) is 4.43 Å². The molecule has 0 spiro atoms. The van der Waals surface area contributed by atoms with Crippen LogP contribution in [0.3, 0.4) is 0 Å². The molecule has 4 heteroatoms. The number of rotatable bonds is 4. The Balaban J connectivity index is 3.25. The molecule has 3 nitrogen and oxygen atoms in total. The summed E-state index contributed by atoms with van der Waals surface area (Å²) in [5.74, 6) is 0. The molecule has 0 aliphatic rings. The van der Waals surface area contributed by atoms with Crippen molar-refractivity contribution in [1.29, 1.82) is 0 Å². The Bertz CT molecular complexity index is 84.3. The maximum atomic E-state index is 9.73. The van der Waals surface area contributed by atoms with Crippen molar-refractivity contribution >= 4 is 15.8 Å². The third-order valence-electron chi connectivity index (χ3n) is 0.711. The molecule has 0 aromatic carbocycles. The summed E-state index contributed by atoms with van der Waals surface area (Å²) < 4.78 is 9.76. The average Bonchev–Trinajstić information content (AvgIpc) is 1.63. The highest BCUT2D eigenvalue weighted by Crippen LogP contribution is 1.92. The van der Waals surface area contributed by atoms with Crippen LogP contribution in [0.25, 0.3) is 0 Å². The monoisotopic (exact) mass is 148 g/mol. The summed E-state index contributed by atoms with van der Waals surface area (Å²) in [6, 6.07) is 0. The van der Waals surface area contributed by atoms with E-state index in [9.17, 15) is 4.79 Å². The number of hydrogen-bond donors (Lipinski definition) is 0. The van der Waals surface area contributed by atoms with E-state index in [0.29, 0.717) is 6.47 Å². The maximum absolute atomic E-state index is 9.73. The molecule has 0 aromatic rings. The van der Waals surface area contributed by atoms with Gasteiger partial charge < -0.3 is 8.85 Å². The van der Waals surface area contributed by atoms with Crippen LogP contribution in [-0.2, 0) is 13.6 Å². The van der Waals surface area contributed by atoms with Crippen molar-refractivity contribution < 1.29 is 13.6 Å². The molecule has 54 valence electrons. The first kappa shape index (κ1) is 8.65. The van der Waals surface area contributed by atoms with Crippen molar-refractivity contribution in [3.63, 3.8) is 0 Å². The fourth-order valence-electron chi connectivity index (χ4n) is 0.494. The summed E-state index contributed by atoms with van der Waals surface area (Å²) in [6.45, 7) is 6.09. The second-order valence-corrected chi connectivity index (χ2v) is 3.66. The van der Waals surface area contributed by atoms with Crippen molar-refractivity contribution in [2.45, 2.75) is 26.5 Å². The third kappa shape index (κ3) is 5.52. The highest BCUT2D eigenvalue weighted by atomic mass is 28.3. The van der Waals surface area contributed by atoms with E-state index in [4.69, 9.17) is 4.43 Å². The summed E-state index contributed by atoms with van der Waals surface area (Å²) in [6.07, 6.45) is 0.159. The zero-order chi connectivity index (χ0) is 7.28. The Morgan fingerprint density at radius 3 is 2.44 bits per heavy atom. The SMILES string of the molecule is CC(C)O[SiH](C)OC=O. The molecule has 0 heterocycles. The van der Waals surface area contributed by atoms with Crippen LogP contribution in [0, 0.1) is 0 Å². The molecular weight excluding hydrogens is 136 g/mol. The standard InChI is InChI=1S/C5H12O3Si/c1-5(2)8-9(3)7-4-6/h4-5,9H,1-3H3. The molecule has 0 amide bonds. The van der Waals surface area contributed by atoms with Gasteiger partial charge in [0, 0.05) is 6.10 Å². The lowest BCUT2D eigenvalue weighted by Gasteiger charge is -2.11. The van der Waals surface area contributed by atoms with Crippen LogP contribution in [0.1, 0.15) is 13.8 Å². The molecule has 0 rings (SSSR count). The van der Waals surface area contributed by atoms with Gasteiger partial charge in [0.2, 0.25) is 0 Å². The van der Waals surface area contributed by atoms with E-state index in [1.165, 1.54) is 0 Å². The van der Waals surface area contributed by atoms with Crippen LogP contribution < -0.4 is 0 Å². The van der Waals surface area contributed by atoms with Gasteiger partial charge in [-0.25, -0.2) is 0 Å². The Labute approximate surface area is 56.8 Å². The first-order valence-electron chi connectivity index (χ1n) is 2.91. The molecule has 0 bridgehead atoms. The fraction of sp³-hybridized carbons (Fsp3) is 0.800. The van der Waals surface area contributed by atoms with Crippen LogP contribution >= 0.6 is 0 Å². The smallest absolute Gasteiger partial charge is 0.382 e. The molecule has 1 atom stereocenters. The van der Waals surface area contributed by atoms with Crippen LogP contribution in [0.4, 0.5) is 0 Å². The van der Waals surface area contributed by atoms with Gasteiger partial charge in [-0.1, -0.05) is 0 Å². The highest BCUT2D eigenvalue weighted by molar-refractivity contribution is 6.44. The summed E-state index contributed by atoms with van der Waals surface area (Å²) >= 11 is 0. The largest absolute Gasteiger partial charge is 0.499 e. The zero-order valence-electron chi connectivity index (χ0n) is 5.96. The molecule has 0 N–H and O–H groups in total. The highest BCUT2D eigenvalue weighted by Gasteiger charge is 2.06. The van der Waals surface area contributed by atoms with Gasteiger partial charge in [0.25, 0.3) is 6.47 Å². The molecule has 0 aromatic heterocycles. The predicted octanol–water partition coefficient (Wildman–Crippen LogP) is 0.435. The topological polar surface area (TPSA) is 35.5 Å². The molecule has 0 radical (unpaired) electrons. The average molecular weight is 148 g/mol. The first-order valence-corrected chi connectivity index (χ1v) is 5.01. The summed E-state index contributed by atoms with van der Waals surface area (Å²) in [5.41, 5.74) is 0. The van der Waals surface area contributed by atoms with Crippen molar-refractivity contribution in [2.24, 2.45) is 0 Å². The fourth-order valence-corrected chi connectivity index (χ4v) is 1.48. The Hall–Kier alpha value is -0.353. The Morgan fingerprint density at radius 1 is 1.56 bits per heavy atom. The van der Waals surface area contributed by atoms with Gasteiger partial charge >= 0.3 is 9.28 Å². The summed E-state index contributed by atoms with van der Waals surface area (Å²) in [7, 11) is -1.63. The molecule has 0 aliphatic carbocycles. The van der Waals surface area contributed by atoms with Gasteiger partial charge in [0.05, 0.1) is 0 Å². The number of carbonyl (C=O) groups is 1. The molecule has 0 saturated heterocycles. The van der Waals surface area contributed by atoms with Crippen LogP contribution in [0.15, 0.2) is 0 Å². The minimum atomic E-state index is -1.63. The molecule has 0 fully saturated rings. The normalized spacial score (nSPS) is 13.3. The van der Waals surface area contributed by atoms with Gasteiger partial charge in [-0.2, -0.15) is 0 Å². The molecule has 9 heavy (non-hydrogen) atoms. The lowest BCUT2D eigenvalue weighted by atomic mass is 10.5. The van der Waals surface area contributed by atoms with Gasteiger partial charge in [0.1, 0.15) is 0 Å². The molecular formula is C5H12O3Si. The van der Waals surface area contributed by atoms with Crippen molar-refractivity contribution in [2.75, 3.05) is 0 Å². The van der Waals surface area contributed by atoms with E-state index < -0.39 is 9.28 Å². The van der Waals surface area contributed by atoms with Gasteiger partial charge in [-0.05, 0) is 20.4 Å². The first-order chi connectivity index (χ1) is 4.16. The van der Waals surface area contributed by atoms with E-state index in [1.807, 2.05) is 20.4 Å². The summed E-state index contributed by atoms with van der Waals surface area (Å²) in [4.78, 5) is 9.73. The van der Waals surface area contributed by atoms with Crippen molar-refractivity contribution in [1.82, 2.24) is 0 Å². The lowest BCUT2D eigenvalue weighted by Crippen LogP contribution is -2.21. The Kier molecular flexibility index (Phi) is 4.34. The minimum Gasteiger partial charge on any atom is -0.499 e. The second kappa shape index (κ2) is 4.52. The van der Waals surface area contributed by atoms with Crippen LogP contribution in [-0.4, -0.2) is 21.9 Å². The van der Waals surface area contributed by atoms with E-state index in [0.717, 1.165) is 0 Å². The van der Waals surface area contributed by atoms with Crippen LogP contribution in [0.2, 0.25) is 6.55 Å². The lowest BCUT2D eigenvalue weighted by molar-refractivity contribution is -0.122. The van der Waals surface area contributed by atoms with Gasteiger partial charge in [-0.15, -0.1) is 0 Å². The minimum absolute atomic E-state index is 0.159. The number of hydrogen-bond acceptors (Lipinski definition) is 3. The van der Waals surface area contributed by atoms with E-state index >= 15 is 0 Å². The van der Waals surface area contributed by atoms with Crippen LogP contribution in [0.5, 0.6) is 0 Å². The third-order valence-corrected chi connectivity index (χ3v) is 2.13. The zero-order valence-corrected chi connectivity index (χ0v) is 7.11. The Morgan fingerprint density at radius 2 is 2.11 bits per heavy atom. The van der Waals surface area contributed by atoms with E-state index in [-0.39, 0.29) is 6.10 Å². The quantitative estimate of drug-likeness (QED) is 0.428. The van der Waals surface area contributed by atoms with E-state index in [1.54, 1.807) is 0 Å². The van der Waals surface area contributed by atoms with Gasteiger partial charge in [0.15, 0.2) is 0 Å². The predicted molar refractivity (Wildman–Crippen MR) is 36.4 cm³/mol. The molecule has 0 saturated carbocycles. The van der Waals surface area contributed by atoms with Crippen molar-refractivity contribution in [3.05, 3.63) is 0 Å². The number of carbonyl (C=O) groups excluding carboxylic acids is 1. The molecule has 0 aliphatic heterocycles. The van der Waals surface area contributed by atoms with Crippen molar-refractivity contribution in [3.8, 4) is 0 Å². The summed E-state index contributed by atoms with van der Waals surface area (Å²) in [5, 5.41) is 0.